The van der Waals surface area contributed by atoms with Crippen molar-refractivity contribution < 1.29 is 9.32 Å². The van der Waals surface area contributed by atoms with Gasteiger partial charge in [-0.2, -0.15) is 5.10 Å². The summed E-state index contributed by atoms with van der Waals surface area (Å²) in [5.41, 5.74) is 0.747. The van der Waals surface area contributed by atoms with Crippen LogP contribution in [0, 0.1) is 0 Å². The molecule has 0 unspecified atom stereocenters. The van der Waals surface area contributed by atoms with Gasteiger partial charge in [-0.3, -0.25) is 9.59 Å². The molecule has 3 aromatic rings. The molecule has 0 atom stereocenters. The molecule has 2 aromatic heterocycles. The molecule has 1 fully saturated rings. The number of rotatable bonds is 7. The number of aryl methyl sites for hydroxylation is 1. The third kappa shape index (κ3) is 3.71. The SMILES string of the molecule is O=C(NCCCn1ncccc1=O)C1(c2cc(-c3ccc(Cl)cc3)on2)CC1. The lowest BCUT2D eigenvalue weighted by Crippen LogP contribution is -2.36. The third-order valence-corrected chi connectivity index (χ3v) is 5.18. The molecule has 1 aliphatic rings. The fourth-order valence-corrected chi connectivity index (χ4v) is 3.26. The Labute approximate surface area is 166 Å². The van der Waals surface area contributed by atoms with Gasteiger partial charge in [0, 0.05) is 42.0 Å². The summed E-state index contributed by atoms with van der Waals surface area (Å²) in [6, 6.07) is 12.2. The molecule has 28 heavy (non-hydrogen) atoms. The molecule has 0 bridgehead atoms. The van der Waals surface area contributed by atoms with Crippen molar-refractivity contribution in [2.24, 2.45) is 0 Å². The van der Waals surface area contributed by atoms with Crippen LogP contribution in [-0.4, -0.2) is 27.4 Å². The van der Waals surface area contributed by atoms with Crippen LogP contribution in [0.15, 0.2) is 58.0 Å². The van der Waals surface area contributed by atoms with Gasteiger partial charge in [0.2, 0.25) is 5.91 Å². The molecule has 8 heteroatoms. The predicted molar refractivity (Wildman–Crippen MR) is 104 cm³/mol. The van der Waals surface area contributed by atoms with Gasteiger partial charge in [0.15, 0.2) is 5.76 Å². The van der Waals surface area contributed by atoms with Crippen LogP contribution in [-0.2, 0) is 16.8 Å². The zero-order valence-corrected chi connectivity index (χ0v) is 15.9. The van der Waals surface area contributed by atoms with Crippen molar-refractivity contribution in [1.29, 1.82) is 0 Å². The molecule has 0 spiro atoms. The number of amides is 1. The van der Waals surface area contributed by atoms with E-state index in [1.807, 2.05) is 18.2 Å². The molecule has 4 rings (SSSR count). The minimum atomic E-state index is -0.615. The normalized spacial score (nSPS) is 14.6. The van der Waals surface area contributed by atoms with Crippen molar-refractivity contribution >= 4 is 17.5 Å². The number of nitrogens with one attached hydrogen (secondary N) is 1. The minimum absolute atomic E-state index is 0.0585. The summed E-state index contributed by atoms with van der Waals surface area (Å²) >= 11 is 5.91. The van der Waals surface area contributed by atoms with E-state index in [0.717, 1.165) is 18.4 Å². The Morgan fingerprint density at radius 2 is 2.04 bits per heavy atom. The first-order valence-corrected chi connectivity index (χ1v) is 9.50. The van der Waals surface area contributed by atoms with E-state index >= 15 is 0 Å². The first-order valence-electron chi connectivity index (χ1n) is 9.12. The highest BCUT2D eigenvalue weighted by molar-refractivity contribution is 6.30. The standard InChI is InChI=1S/C20H19ClN4O3/c21-15-6-4-14(5-7-15)16-13-17(24-28-16)20(8-9-20)19(27)22-10-2-12-25-18(26)3-1-11-23-25/h1,3-7,11,13H,2,8-10,12H2,(H,22,27). The zero-order valence-electron chi connectivity index (χ0n) is 15.1. The van der Waals surface area contributed by atoms with Gasteiger partial charge in [0.1, 0.15) is 0 Å². The van der Waals surface area contributed by atoms with Crippen molar-refractivity contribution in [1.82, 2.24) is 20.3 Å². The largest absolute Gasteiger partial charge is 0.356 e. The van der Waals surface area contributed by atoms with E-state index in [9.17, 15) is 9.59 Å². The average molecular weight is 399 g/mol. The Kier molecular flexibility index (Phi) is 5.00. The molecule has 1 aliphatic carbocycles. The molecule has 1 amide bonds. The molecular formula is C20H19ClN4O3. The fourth-order valence-electron chi connectivity index (χ4n) is 3.13. The maximum absolute atomic E-state index is 12.7. The quantitative estimate of drug-likeness (QED) is 0.618. The van der Waals surface area contributed by atoms with Gasteiger partial charge in [-0.25, -0.2) is 4.68 Å². The van der Waals surface area contributed by atoms with E-state index in [-0.39, 0.29) is 11.5 Å². The second kappa shape index (κ2) is 7.59. The smallest absolute Gasteiger partial charge is 0.266 e. The summed E-state index contributed by atoms with van der Waals surface area (Å²) in [6.45, 7) is 0.920. The highest BCUT2D eigenvalue weighted by atomic mass is 35.5. The molecule has 0 aliphatic heterocycles. The van der Waals surface area contributed by atoms with E-state index in [4.69, 9.17) is 16.1 Å². The highest BCUT2D eigenvalue weighted by Gasteiger charge is 2.53. The summed E-state index contributed by atoms with van der Waals surface area (Å²) in [4.78, 5) is 24.3. The number of hydrogen-bond donors (Lipinski definition) is 1. The molecule has 1 N–H and O–H groups in total. The number of benzene rings is 1. The average Bonchev–Trinajstić information content (AvgIpc) is 3.37. The number of aromatic nitrogens is 3. The first-order chi connectivity index (χ1) is 13.6. The number of halogens is 1. The summed E-state index contributed by atoms with van der Waals surface area (Å²) < 4.78 is 6.83. The summed E-state index contributed by atoms with van der Waals surface area (Å²) in [7, 11) is 0. The van der Waals surface area contributed by atoms with Gasteiger partial charge >= 0.3 is 0 Å². The lowest BCUT2D eigenvalue weighted by molar-refractivity contribution is -0.123. The maximum Gasteiger partial charge on any atom is 0.266 e. The number of nitrogens with zero attached hydrogens (tertiary/aromatic N) is 3. The van der Waals surface area contributed by atoms with Crippen LogP contribution in [0.3, 0.4) is 0 Å². The van der Waals surface area contributed by atoms with Crippen molar-refractivity contribution in [2.45, 2.75) is 31.2 Å². The molecule has 7 nitrogen and oxygen atoms in total. The van der Waals surface area contributed by atoms with E-state index in [0.29, 0.717) is 36.0 Å². The third-order valence-electron chi connectivity index (χ3n) is 4.93. The van der Waals surface area contributed by atoms with Crippen LogP contribution in [0.4, 0.5) is 0 Å². The van der Waals surface area contributed by atoms with Gasteiger partial charge in [-0.1, -0.05) is 16.8 Å². The van der Waals surface area contributed by atoms with Crippen molar-refractivity contribution in [3.63, 3.8) is 0 Å². The Bertz CT molecular complexity index is 1040. The lowest BCUT2D eigenvalue weighted by Gasteiger charge is -2.12. The summed E-state index contributed by atoms with van der Waals surface area (Å²) in [6.07, 6.45) is 3.67. The Hall–Kier alpha value is -2.93. The van der Waals surface area contributed by atoms with E-state index in [1.165, 1.54) is 10.7 Å². The van der Waals surface area contributed by atoms with Crippen LogP contribution in [0.5, 0.6) is 0 Å². The predicted octanol–water partition coefficient (Wildman–Crippen LogP) is 2.79. The Balaban J connectivity index is 1.36. The van der Waals surface area contributed by atoms with E-state index in [2.05, 4.69) is 15.6 Å². The van der Waals surface area contributed by atoms with E-state index < -0.39 is 5.41 Å². The molecule has 2 heterocycles. The van der Waals surface area contributed by atoms with Crippen molar-refractivity contribution in [3.05, 3.63) is 69.7 Å². The van der Waals surface area contributed by atoms with Crippen molar-refractivity contribution in [2.75, 3.05) is 6.54 Å². The minimum Gasteiger partial charge on any atom is -0.356 e. The monoisotopic (exact) mass is 398 g/mol. The molecular weight excluding hydrogens is 380 g/mol. The summed E-state index contributed by atoms with van der Waals surface area (Å²) in [5.74, 6) is 0.553. The number of carbonyl (C=O) groups is 1. The van der Waals surface area contributed by atoms with Gasteiger partial charge in [-0.05, 0) is 49.6 Å². The second-order valence-electron chi connectivity index (χ2n) is 6.86. The second-order valence-corrected chi connectivity index (χ2v) is 7.30. The fraction of sp³-hybridized carbons (Fsp3) is 0.300. The zero-order chi connectivity index (χ0) is 19.6. The highest BCUT2D eigenvalue weighted by Crippen LogP contribution is 2.48. The number of carbonyl (C=O) groups excluding carboxylic acids is 1. The summed E-state index contributed by atoms with van der Waals surface area (Å²) in [5, 5.41) is 11.7. The van der Waals surface area contributed by atoms with Crippen LogP contribution in [0.1, 0.15) is 25.0 Å². The maximum atomic E-state index is 12.7. The van der Waals surface area contributed by atoms with E-state index in [1.54, 1.807) is 24.4 Å². The molecule has 1 aromatic carbocycles. The molecule has 0 saturated heterocycles. The number of hydrogen-bond acceptors (Lipinski definition) is 5. The van der Waals surface area contributed by atoms with Gasteiger partial charge in [-0.15, -0.1) is 0 Å². The first kappa shape index (κ1) is 18.4. The Morgan fingerprint density at radius 3 is 2.75 bits per heavy atom. The van der Waals surface area contributed by atoms with Gasteiger partial charge in [0.25, 0.3) is 5.56 Å². The molecule has 0 radical (unpaired) electrons. The molecule has 144 valence electrons. The van der Waals surface area contributed by atoms with Crippen LogP contribution >= 0.6 is 11.6 Å². The van der Waals surface area contributed by atoms with Crippen molar-refractivity contribution in [3.8, 4) is 11.3 Å². The van der Waals surface area contributed by atoms with Crippen LogP contribution in [0.25, 0.3) is 11.3 Å². The Morgan fingerprint density at radius 1 is 1.25 bits per heavy atom. The molecule has 1 saturated carbocycles. The lowest BCUT2D eigenvalue weighted by atomic mass is 10.0. The van der Waals surface area contributed by atoms with Gasteiger partial charge < -0.3 is 9.84 Å². The van der Waals surface area contributed by atoms with Gasteiger partial charge in [0.05, 0.1) is 11.1 Å². The van der Waals surface area contributed by atoms with Crippen LogP contribution < -0.4 is 10.9 Å². The van der Waals surface area contributed by atoms with Crippen LogP contribution in [0.2, 0.25) is 5.02 Å². The topological polar surface area (TPSA) is 90.0 Å².